The maximum Gasteiger partial charge on any atom is 0.322 e. The third-order valence-electron chi connectivity index (χ3n) is 1.04. The first kappa shape index (κ1) is 10.9. The Labute approximate surface area is 69.6 Å². The minimum absolute atomic E-state index is 0.250. The van der Waals surface area contributed by atoms with E-state index in [4.69, 9.17) is 10.2 Å². The van der Waals surface area contributed by atoms with Crippen molar-refractivity contribution in [3.05, 3.63) is 0 Å². The largest absolute Gasteiger partial charge is 0.397 e. The van der Waals surface area contributed by atoms with Crippen molar-refractivity contribution >= 4 is 11.9 Å². The first-order valence-corrected chi connectivity index (χ1v) is 3.48. The second-order valence-corrected chi connectivity index (χ2v) is 2.01. The van der Waals surface area contributed by atoms with E-state index in [1.54, 1.807) is 6.92 Å². The Balaban J connectivity index is 0.000000354. The molecule has 1 unspecified atom stereocenters. The number of aliphatic hydroxyl groups is 2. The zero-order valence-corrected chi connectivity index (χ0v) is 6.70. The SMILES string of the molecule is CCO.O=C1NC(=O)C(CO)N1. The molecule has 1 aliphatic heterocycles. The molecule has 0 aromatic heterocycles. The molecule has 0 aromatic rings. The van der Waals surface area contributed by atoms with Crippen LogP contribution < -0.4 is 10.6 Å². The fourth-order valence-electron chi connectivity index (χ4n) is 0.587. The van der Waals surface area contributed by atoms with Crippen molar-refractivity contribution in [1.82, 2.24) is 10.6 Å². The number of imide groups is 1. The van der Waals surface area contributed by atoms with Gasteiger partial charge in [-0.05, 0) is 6.92 Å². The molecule has 4 N–H and O–H groups in total. The second kappa shape index (κ2) is 5.50. The predicted octanol–water partition coefficient (Wildman–Crippen LogP) is -1.81. The molecule has 1 saturated heterocycles. The Morgan fingerprint density at radius 2 is 1.92 bits per heavy atom. The highest BCUT2D eigenvalue weighted by Gasteiger charge is 2.27. The Morgan fingerprint density at radius 3 is 2.08 bits per heavy atom. The maximum absolute atomic E-state index is 10.5. The summed E-state index contributed by atoms with van der Waals surface area (Å²) in [4.78, 5) is 20.7. The number of hydrogen-bond acceptors (Lipinski definition) is 4. The van der Waals surface area contributed by atoms with Crippen LogP contribution in [0.1, 0.15) is 6.92 Å². The van der Waals surface area contributed by atoms with Gasteiger partial charge in [-0.25, -0.2) is 4.79 Å². The van der Waals surface area contributed by atoms with Crippen LogP contribution >= 0.6 is 0 Å². The third kappa shape index (κ3) is 3.31. The summed E-state index contributed by atoms with van der Waals surface area (Å²) in [5, 5.41) is 20.1. The minimum Gasteiger partial charge on any atom is -0.397 e. The van der Waals surface area contributed by atoms with E-state index in [9.17, 15) is 9.59 Å². The van der Waals surface area contributed by atoms with Crippen LogP contribution in [0, 0.1) is 0 Å². The molecule has 6 heteroatoms. The summed E-state index contributed by atoms with van der Waals surface area (Å²) in [5.74, 6) is -0.470. The van der Waals surface area contributed by atoms with Crippen molar-refractivity contribution < 1.29 is 19.8 Å². The molecule has 0 radical (unpaired) electrons. The zero-order valence-electron chi connectivity index (χ0n) is 6.70. The van der Waals surface area contributed by atoms with Crippen LogP contribution in [0.4, 0.5) is 4.79 Å². The van der Waals surface area contributed by atoms with Crippen molar-refractivity contribution in [2.45, 2.75) is 13.0 Å². The van der Waals surface area contributed by atoms with Crippen LogP contribution in [-0.4, -0.2) is 41.4 Å². The quantitative estimate of drug-likeness (QED) is 0.354. The Hall–Kier alpha value is -1.14. The summed E-state index contributed by atoms with van der Waals surface area (Å²) in [6.07, 6.45) is 0. The summed E-state index contributed by atoms with van der Waals surface area (Å²) in [6.45, 7) is 1.58. The molecule has 1 fully saturated rings. The standard InChI is InChI=1S/C4H6N2O3.C2H6O/c7-1-2-3(8)6-4(9)5-2;1-2-3/h2,7H,1H2,(H2,5,6,8,9);3H,2H2,1H3. The van der Waals surface area contributed by atoms with Gasteiger partial charge in [0.1, 0.15) is 6.04 Å². The number of aliphatic hydroxyl groups excluding tert-OH is 2. The maximum atomic E-state index is 10.5. The summed E-state index contributed by atoms with van der Waals surface area (Å²) >= 11 is 0. The van der Waals surface area contributed by atoms with Gasteiger partial charge in [-0.15, -0.1) is 0 Å². The number of rotatable bonds is 1. The monoisotopic (exact) mass is 176 g/mol. The van der Waals surface area contributed by atoms with Crippen molar-refractivity contribution in [3.8, 4) is 0 Å². The molecule has 0 aliphatic carbocycles. The predicted molar refractivity (Wildman–Crippen MR) is 40.3 cm³/mol. The van der Waals surface area contributed by atoms with Crippen LogP contribution in [0.25, 0.3) is 0 Å². The van der Waals surface area contributed by atoms with Crippen LogP contribution in [0.5, 0.6) is 0 Å². The summed E-state index contributed by atoms with van der Waals surface area (Å²) < 4.78 is 0. The van der Waals surface area contributed by atoms with Crippen molar-refractivity contribution in [2.75, 3.05) is 13.2 Å². The van der Waals surface area contributed by atoms with Gasteiger partial charge in [0.15, 0.2) is 0 Å². The average Bonchev–Trinajstić information content (AvgIpc) is 2.31. The Kier molecular flexibility index (Phi) is 4.98. The van der Waals surface area contributed by atoms with E-state index in [2.05, 4.69) is 5.32 Å². The summed E-state index contributed by atoms with van der Waals surface area (Å²) in [5.41, 5.74) is 0. The lowest BCUT2D eigenvalue weighted by molar-refractivity contribution is -0.120. The molecular formula is C6H12N2O4. The van der Waals surface area contributed by atoms with E-state index in [0.717, 1.165) is 0 Å². The molecule has 6 nitrogen and oxygen atoms in total. The molecule has 0 aromatic carbocycles. The molecule has 0 saturated carbocycles. The van der Waals surface area contributed by atoms with E-state index in [1.807, 2.05) is 5.32 Å². The fraction of sp³-hybridized carbons (Fsp3) is 0.667. The third-order valence-corrected chi connectivity index (χ3v) is 1.04. The smallest absolute Gasteiger partial charge is 0.322 e. The molecule has 70 valence electrons. The number of hydrogen-bond donors (Lipinski definition) is 4. The zero-order chi connectivity index (χ0) is 9.56. The molecule has 1 heterocycles. The number of amides is 3. The van der Waals surface area contributed by atoms with Gasteiger partial charge in [-0.1, -0.05) is 0 Å². The van der Waals surface area contributed by atoms with Gasteiger partial charge in [0, 0.05) is 6.61 Å². The van der Waals surface area contributed by atoms with E-state index < -0.39 is 18.0 Å². The molecule has 3 amide bonds. The van der Waals surface area contributed by atoms with Gasteiger partial charge in [0.05, 0.1) is 6.61 Å². The Bertz CT molecular complexity index is 171. The highest BCUT2D eigenvalue weighted by molar-refractivity contribution is 6.04. The fourth-order valence-corrected chi connectivity index (χ4v) is 0.587. The van der Waals surface area contributed by atoms with Gasteiger partial charge in [0.2, 0.25) is 0 Å². The lowest BCUT2D eigenvalue weighted by Gasteiger charge is -1.97. The van der Waals surface area contributed by atoms with Crippen molar-refractivity contribution in [2.24, 2.45) is 0 Å². The molecular weight excluding hydrogens is 164 g/mol. The number of urea groups is 1. The van der Waals surface area contributed by atoms with E-state index >= 15 is 0 Å². The van der Waals surface area contributed by atoms with Crippen LogP contribution in [0.15, 0.2) is 0 Å². The highest BCUT2D eigenvalue weighted by atomic mass is 16.3. The number of nitrogens with one attached hydrogen (secondary N) is 2. The number of carbonyl (C=O) groups is 2. The lowest BCUT2D eigenvalue weighted by atomic mass is 10.3. The molecule has 1 atom stereocenters. The van der Waals surface area contributed by atoms with E-state index in [-0.39, 0.29) is 13.2 Å². The second-order valence-electron chi connectivity index (χ2n) is 2.01. The molecule has 0 spiro atoms. The van der Waals surface area contributed by atoms with Crippen LogP contribution in [0.3, 0.4) is 0 Å². The van der Waals surface area contributed by atoms with Gasteiger partial charge in [-0.3, -0.25) is 10.1 Å². The molecule has 1 aliphatic rings. The van der Waals surface area contributed by atoms with E-state index in [0.29, 0.717) is 0 Å². The van der Waals surface area contributed by atoms with Crippen LogP contribution in [-0.2, 0) is 4.79 Å². The first-order chi connectivity index (χ1) is 5.65. The summed E-state index contributed by atoms with van der Waals surface area (Å²) in [7, 11) is 0. The Morgan fingerprint density at radius 1 is 1.42 bits per heavy atom. The molecule has 12 heavy (non-hydrogen) atoms. The van der Waals surface area contributed by atoms with Gasteiger partial charge >= 0.3 is 6.03 Å². The molecule has 0 bridgehead atoms. The molecule has 1 rings (SSSR count). The minimum atomic E-state index is -0.752. The van der Waals surface area contributed by atoms with Crippen molar-refractivity contribution in [1.29, 1.82) is 0 Å². The lowest BCUT2D eigenvalue weighted by Crippen LogP contribution is -2.32. The topological polar surface area (TPSA) is 98.7 Å². The highest BCUT2D eigenvalue weighted by Crippen LogP contribution is 1.89. The van der Waals surface area contributed by atoms with Crippen molar-refractivity contribution in [3.63, 3.8) is 0 Å². The summed E-state index contributed by atoms with van der Waals surface area (Å²) in [6, 6.07) is -1.29. The van der Waals surface area contributed by atoms with Gasteiger partial charge in [-0.2, -0.15) is 0 Å². The first-order valence-electron chi connectivity index (χ1n) is 3.48. The van der Waals surface area contributed by atoms with E-state index in [1.165, 1.54) is 0 Å². The van der Waals surface area contributed by atoms with Crippen LogP contribution in [0.2, 0.25) is 0 Å². The van der Waals surface area contributed by atoms with Gasteiger partial charge in [0.25, 0.3) is 5.91 Å². The average molecular weight is 176 g/mol. The van der Waals surface area contributed by atoms with Gasteiger partial charge < -0.3 is 15.5 Å². The normalized spacial score (nSPS) is 20.8. The number of carbonyl (C=O) groups excluding carboxylic acids is 2.